The van der Waals surface area contributed by atoms with E-state index in [0.29, 0.717) is 17.8 Å². The van der Waals surface area contributed by atoms with E-state index >= 15 is 0 Å². The smallest absolute Gasteiger partial charge is 0.256 e. The van der Waals surface area contributed by atoms with Crippen molar-refractivity contribution >= 4 is 5.91 Å². The average molecular weight is 384 g/mol. The first kappa shape index (κ1) is 18.7. The second-order valence-electron chi connectivity index (χ2n) is 6.97. The van der Waals surface area contributed by atoms with Crippen molar-refractivity contribution in [1.29, 1.82) is 0 Å². The molecule has 4 aromatic rings. The van der Waals surface area contributed by atoms with Gasteiger partial charge in [-0.1, -0.05) is 48.5 Å². The fraction of sp³-hybridized carbons (Fsp3) is 0.167. The first-order valence-corrected chi connectivity index (χ1v) is 9.84. The molecule has 2 aromatic heterocycles. The summed E-state index contributed by atoms with van der Waals surface area (Å²) in [6.45, 7) is 2.50. The maximum Gasteiger partial charge on any atom is 0.256 e. The molecule has 0 radical (unpaired) electrons. The summed E-state index contributed by atoms with van der Waals surface area (Å²) < 4.78 is 3.76. The van der Waals surface area contributed by atoms with Gasteiger partial charge in [0.2, 0.25) is 0 Å². The molecule has 0 saturated carbocycles. The van der Waals surface area contributed by atoms with Crippen molar-refractivity contribution in [2.75, 3.05) is 6.54 Å². The monoisotopic (exact) mass is 384 g/mol. The third kappa shape index (κ3) is 4.14. The molecule has 5 nitrogen and oxygen atoms in total. The highest BCUT2D eigenvalue weighted by molar-refractivity contribution is 5.98. The van der Waals surface area contributed by atoms with Gasteiger partial charge in [-0.3, -0.25) is 4.79 Å². The zero-order chi connectivity index (χ0) is 20.1. The van der Waals surface area contributed by atoms with Gasteiger partial charge in [-0.2, -0.15) is 5.10 Å². The fourth-order valence-corrected chi connectivity index (χ4v) is 3.47. The molecule has 4 rings (SSSR count). The summed E-state index contributed by atoms with van der Waals surface area (Å²) in [7, 11) is 0. The Morgan fingerprint density at radius 2 is 1.59 bits per heavy atom. The number of nitrogens with one attached hydrogen (secondary N) is 1. The molecule has 0 aliphatic carbocycles. The second-order valence-corrected chi connectivity index (χ2v) is 6.97. The van der Waals surface area contributed by atoms with Crippen LogP contribution in [-0.4, -0.2) is 26.8 Å². The minimum Gasteiger partial charge on any atom is -0.352 e. The number of amides is 1. The van der Waals surface area contributed by atoms with Gasteiger partial charge in [-0.25, -0.2) is 4.68 Å². The number of benzene rings is 2. The zero-order valence-corrected chi connectivity index (χ0v) is 16.5. The summed E-state index contributed by atoms with van der Waals surface area (Å²) in [5.41, 5.74) is 3.51. The van der Waals surface area contributed by atoms with Gasteiger partial charge < -0.3 is 9.88 Å². The minimum atomic E-state index is -0.0959. The van der Waals surface area contributed by atoms with Gasteiger partial charge in [0.15, 0.2) is 5.82 Å². The Morgan fingerprint density at radius 3 is 2.28 bits per heavy atom. The molecule has 5 heteroatoms. The maximum absolute atomic E-state index is 13.1. The van der Waals surface area contributed by atoms with Gasteiger partial charge in [0.05, 0.1) is 11.4 Å². The van der Waals surface area contributed by atoms with Crippen LogP contribution in [0, 0.1) is 6.92 Å². The standard InChI is InChI=1S/C24H24N4O/c1-19-22(23(29)25-16-10-13-20-11-4-2-5-12-20)24(27-17-8-9-18-27)28(26-19)21-14-6-3-7-15-21/h2-9,11-12,14-15,17-18H,10,13,16H2,1H3,(H,25,29). The van der Waals surface area contributed by atoms with Crippen molar-refractivity contribution in [3.63, 3.8) is 0 Å². The van der Waals surface area contributed by atoms with E-state index in [-0.39, 0.29) is 5.91 Å². The minimum absolute atomic E-state index is 0.0959. The highest BCUT2D eigenvalue weighted by Gasteiger charge is 2.23. The Kier molecular flexibility index (Phi) is 5.56. The third-order valence-corrected chi connectivity index (χ3v) is 4.88. The summed E-state index contributed by atoms with van der Waals surface area (Å²) in [5, 5.41) is 7.74. The van der Waals surface area contributed by atoms with Crippen LogP contribution in [-0.2, 0) is 6.42 Å². The number of carbonyl (C=O) groups is 1. The molecule has 0 spiro atoms. The number of hydrogen-bond acceptors (Lipinski definition) is 2. The van der Waals surface area contributed by atoms with Crippen LogP contribution in [0.3, 0.4) is 0 Å². The molecule has 146 valence electrons. The van der Waals surface area contributed by atoms with Gasteiger partial charge in [0.1, 0.15) is 5.56 Å². The van der Waals surface area contributed by atoms with Crippen LogP contribution in [0.5, 0.6) is 0 Å². The molecule has 2 heterocycles. The molecule has 2 aromatic carbocycles. The van der Waals surface area contributed by atoms with Crippen LogP contribution in [0.1, 0.15) is 28.0 Å². The van der Waals surface area contributed by atoms with Crippen LogP contribution in [0.25, 0.3) is 11.5 Å². The molecular formula is C24H24N4O. The zero-order valence-electron chi connectivity index (χ0n) is 16.5. The highest BCUT2D eigenvalue weighted by Crippen LogP contribution is 2.23. The quantitative estimate of drug-likeness (QED) is 0.482. The van der Waals surface area contributed by atoms with Gasteiger partial charge in [-0.15, -0.1) is 0 Å². The van der Waals surface area contributed by atoms with E-state index < -0.39 is 0 Å². The Bertz CT molecular complexity index is 1070. The summed E-state index contributed by atoms with van der Waals surface area (Å²) in [6.07, 6.45) is 5.69. The van der Waals surface area contributed by atoms with Crippen molar-refractivity contribution in [3.8, 4) is 11.5 Å². The van der Waals surface area contributed by atoms with Gasteiger partial charge in [0, 0.05) is 18.9 Å². The van der Waals surface area contributed by atoms with E-state index in [0.717, 1.165) is 24.3 Å². The molecule has 0 aliphatic rings. The lowest BCUT2D eigenvalue weighted by Gasteiger charge is -2.11. The number of aromatic nitrogens is 3. The van der Waals surface area contributed by atoms with Crippen molar-refractivity contribution in [1.82, 2.24) is 19.7 Å². The number of hydrogen-bond donors (Lipinski definition) is 1. The number of rotatable bonds is 7. The Morgan fingerprint density at radius 1 is 0.931 bits per heavy atom. The SMILES string of the molecule is Cc1nn(-c2ccccc2)c(-n2cccc2)c1C(=O)NCCCc1ccccc1. The number of aryl methyl sites for hydroxylation is 2. The third-order valence-electron chi connectivity index (χ3n) is 4.88. The maximum atomic E-state index is 13.1. The first-order chi connectivity index (χ1) is 14.2. The molecule has 0 fully saturated rings. The van der Waals surface area contributed by atoms with Gasteiger partial charge in [0.25, 0.3) is 5.91 Å². The van der Waals surface area contributed by atoms with Crippen LogP contribution in [0.2, 0.25) is 0 Å². The molecule has 1 N–H and O–H groups in total. The lowest BCUT2D eigenvalue weighted by atomic mass is 10.1. The lowest BCUT2D eigenvalue weighted by Crippen LogP contribution is -2.26. The molecule has 0 unspecified atom stereocenters. The number of nitrogens with zero attached hydrogens (tertiary/aromatic N) is 3. The van der Waals surface area contributed by atoms with Gasteiger partial charge in [-0.05, 0) is 49.6 Å². The highest BCUT2D eigenvalue weighted by atomic mass is 16.1. The fourth-order valence-electron chi connectivity index (χ4n) is 3.47. The van der Waals surface area contributed by atoms with Crippen molar-refractivity contribution < 1.29 is 4.79 Å². The van der Waals surface area contributed by atoms with Crippen LogP contribution in [0.4, 0.5) is 0 Å². The Labute approximate surface area is 170 Å². The predicted octanol–water partition coefficient (Wildman–Crippen LogP) is 4.33. The van der Waals surface area contributed by atoms with E-state index in [1.165, 1.54) is 5.56 Å². The molecule has 0 saturated heterocycles. The normalized spacial score (nSPS) is 10.8. The van der Waals surface area contributed by atoms with Crippen LogP contribution in [0.15, 0.2) is 85.2 Å². The second kappa shape index (κ2) is 8.61. The molecule has 0 aliphatic heterocycles. The summed E-state index contributed by atoms with van der Waals surface area (Å²) in [5.74, 6) is 0.653. The van der Waals surface area contributed by atoms with Gasteiger partial charge >= 0.3 is 0 Å². The summed E-state index contributed by atoms with van der Waals surface area (Å²) in [4.78, 5) is 13.1. The summed E-state index contributed by atoms with van der Waals surface area (Å²) >= 11 is 0. The molecule has 1 amide bonds. The van der Waals surface area contributed by atoms with Crippen molar-refractivity contribution in [3.05, 3.63) is 102 Å². The van der Waals surface area contributed by atoms with E-state index in [9.17, 15) is 4.79 Å². The van der Waals surface area contributed by atoms with E-state index in [4.69, 9.17) is 0 Å². The molecule has 0 atom stereocenters. The van der Waals surface area contributed by atoms with E-state index in [1.54, 1.807) is 0 Å². The Balaban J connectivity index is 1.56. The van der Waals surface area contributed by atoms with E-state index in [2.05, 4.69) is 22.5 Å². The van der Waals surface area contributed by atoms with Crippen molar-refractivity contribution in [2.24, 2.45) is 0 Å². The van der Waals surface area contributed by atoms with Crippen LogP contribution >= 0.6 is 0 Å². The number of carbonyl (C=O) groups excluding carboxylic acids is 1. The van der Waals surface area contributed by atoms with Crippen molar-refractivity contribution in [2.45, 2.75) is 19.8 Å². The first-order valence-electron chi connectivity index (χ1n) is 9.84. The average Bonchev–Trinajstić information content (AvgIpc) is 3.40. The topological polar surface area (TPSA) is 51.9 Å². The van der Waals surface area contributed by atoms with Crippen LogP contribution < -0.4 is 5.32 Å². The predicted molar refractivity (Wildman–Crippen MR) is 115 cm³/mol. The molecular weight excluding hydrogens is 360 g/mol. The van der Waals surface area contributed by atoms with E-state index in [1.807, 2.05) is 89.2 Å². The molecule has 0 bridgehead atoms. The largest absolute Gasteiger partial charge is 0.352 e. The lowest BCUT2D eigenvalue weighted by molar-refractivity contribution is 0.0952. The number of para-hydroxylation sites is 1. The Hall–Kier alpha value is -3.60. The summed E-state index contributed by atoms with van der Waals surface area (Å²) in [6, 6.07) is 24.1. The molecule has 29 heavy (non-hydrogen) atoms.